The van der Waals surface area contributed by atoms with E-state index in [-0.39, 0.29) is 0 Å². The number of amides is 1. The van der Waals surface area contributed by atoms with Gasteiger partial charge in [-0.1, -0.05) is 0 Å². The summed E-state index contributed by atoms with van der Waals surface area (Å²) in [5.74, 6) is -2.27. The number of nitrogens with zero attached hydrogens (tertiary/aromatic N) is 1. The minimum absolute atomic E-state index is 0.769. The summed E-state index contributed by atoms with van der Waals surface area (Å²) >= 11 is 0. The lowest BCUT2D eigenvalue weighted by atomic mass is 10.7. The van der Waals surface area contributed by atoms with Crippen LogP contribution in [0.3, 0.4) is 0 Å². The molecule has 7 nitrogen and oxygen atoms in total. The predicted molar refractivity (Wildman–Crippen MR) is 56.5 cm³/mol. The van der Waals surface area contributed by atoms with Crippen LogP contribution in [-0.4, -0.2) is 57.6 Å². The van der Waals surface area contributed by atoms with Crippen LogP contribution in [-0.2, 0) is 23.7 Å². The van der Waals surface area contributed by atoms with Gasteiger partial charge in [-0.25, -0.2) is 9.59 Å². The third kappa shape index (κ3) is 4.20. The van der Waals surface area contributed by atoms with Gasteiger partial charge in [0.25, 0.3) is 5.85 Å². The Morgan fingerprint density at radius 2 is 1.75 bits per heavy atom. The molecule has 0 N–H and O–H groups in total. The Morgan fingerprint density at radius 1 is 1.25 bits per heavy atom. The fraction of sp³-hybridized carbons (Fsp3) is 0.750. The van der Waals surface area contributed by atoms with E-state index in [2.05, 4.69) is 9.57 Å². The average Bonchev–Trinajstić information content (AvgIpc) is 2.21. The SMILES string of the molecule is COC(=O)C(OC(=O)N(C)OC)P(C)(C)=O. The van der Waals surface area contributed by atoms with Gasteiger partial charge in [-0.15, -0.1) is 0 Å². The van der Waals surface area contributed by atoms with Crippen molar-refractivity contribution in [1.82, 2.24) is 5.06 Å². The molecule has 0 aliphatic carbocycles. The van der Waals surface area contributed by atoms with Crippen molar-refractivity contribution in [3.8, 4) is 0 Å². The number of rotatable bonds is 4. The van der Waals surface area contributed by atoms with Crippen LogP contribution >= 0.6 is 7.14 Å². The zero-order valence-corrected chi connectivity index (χ0v) is 10.8. The normalized spacial score (nSPS) is 12.8. The molecule has 0 aliphatic rings. The molecule has 1 unspecified atom stereocenters. The van der Waals surface area contributed by atoms with E-state index >= 15 is 0 Å². The summed E-state index contributed by atoms with van der Waals surface area (Å²) in [4.78, 5) is 27.1. The molecule has 0 bridgehead atoms. The summed E-state index contributed by atoms with van der Waals surface area (Å²) in [6, 6.07) is 0. The molecule has 0 aromatic rings. The first kappa shape index (κ1) is 14.9. The first-order valence-corrected chi connectivity index (χ1v) is 7.02. The summed E-state index contributed by atoms with van der Waals surface area (Å²) in [5, 5.41) is 0.769. The Kier molecular flexibility index (Phi) is 5.47. The van der Waals surface area contributed by atoms with Crippen LogP contribution in [0, 0.1) is 0 Å². The number of hydrogen-bond donors (Lipinski definition) is 0. The molecule has 0 fully saturated rings. The molecular formula is C8H16NO6P. The summed E-state index contributed by atoms with van der Waals surface area (Å²) < 4.78 is 20.9. The summed E-state index contributed by atoms with van der Waals surface area (Å²) in [7, 11) is 0.726. The smallest absolute Gasteiger partial charge is 0.434 e. The summed E-state index contributed by atoms with van der Waals surface area (Å²) in [6.45, 7) is 2.66. The molecule has 0 aromatic heterocycles. The van der Waals surface area contributed by atoms with Crippen LogP contribution < -0.4 is 0 Å². The van der Waals surface area contributed by atoms with E-state index < -0.39 is 25.0 Å². The predicted octanol–water partition coefficient (Wildman–Crippen LogP) is 0.738. The van der Waals surface area contributed by atoms with Gasteiger partial charge in [-0.05, 0) is 13.3 Å². The maximum Gasteiger partial charge on any atom is 0.434 e. The van der Waals surface area contributed by atoms with Crippen molar-refractivity contribution in [3.63, 3.8) is 0 Å². The highest BCUT2D eigenvalue weighted by Crippen LogP contribution is 2.43. The van der Waals surface area contributed by atoms with Crippen molar-refractivity contribution < 1.29 is 28.5 Å². The highest BCUT2D eigenvalue weighted by molar-refractivity contribution is 7.63. The van der Waals surface area contributed by atoms with Gasteiger partial charge >= 0.3 is 12.1 Å². The molecule has 0 heterocycles. The molecule has 94 valence electrons. The monoisotopic (exact) mass is 253 g/mol. The fourth-order valence-corrected chi connectivity index (χ4v) is 1.73. The van der Waals surface area contributed by atoms with Gasteiger partial charge in [0.2, 0.25) is 0 Å². The van der Waals surface area contributed by atoms with E-state index in [0.717, 1.165) is 12.2 Å². The van der Waals surface area contributed by atoms with E-state index in [1.807, 2.05) is 0 Å². The third-order valence-electron chi connectivity index (χ3n) is 1.71. The maximum atomic E-state index is 11.7. The highest BCUT2D eigenvalue weighted by Gasteiger charge is 2.36. The molecule has 0 spiro atoms. The number of hydrogen-bond acceptors (Lipinski definition) is 6. The first-order chi connectivity index (χ1) is 7.23. The second-order valence-corrected chi connectivity index (χ2v) is 6.71. The van der Waals surface area contributed by atoms with Gasteiger partial charge in [0, 0.05) is 7.05 Å². The number of hydroxylamine groups is 2. The minimum Gasteiger partial charge on any atom is -0.466 e. The molecule has 8 heteroatoms. The Bertz CT molecular complexity index is 312. The maximum absolute atomic E-state index is 11.7. The Morgan fingerprint density at radius 3 is 2.06 bits per heavy atom. The lowest BCUT2D eigenvalue weighted by molar-refractivity contribution is -0.149. The van der Waals surface area contributed by atoms with E-state index in [1.165, 1.54) is 27.5 Å². The van der Waals surface area contributed by atoms with Crippen molar-refractivity contribution in [2.24, 2.45) is 0 Å². The second-order valence-electron chi connectivity index (χ2n) is 3.37. The highest BCUT2D eigenvalue weighted by atomic mass is 31.2. The standard InChI is InChI=1S/C8H16NO6P/c1-9(14-3)8(11)15-7(6(10)13-2)16(4,5)12/h7H,1-5H3. The largest absolute Gasteiger partial charge is 0.466 e. The van der Waals surface area contributed by atoms with Gasteiger partial charge in [0.05, 0.1) is 14.2 Å². The lowest BCUT2D eigenvalue weighted by Gasteiger charge is -2.21. The zero-order chi connectivity index (χ0) is 12.9. The van der Waals surface area contributed by atoms with E-state index in [1.54, 1.807) is 0 Å². The first-order valence-electron chi connectivity index (χ1n) is 4.35. The second kappa shape index (κ2) is 5.86. The van der Waals surface area contributed by atoms with Gasteiger partial charge in [-0.3, -0.25) is 4.84 Å². The molecule has 0 aliphatic heterocycles. The molecule has 1 amide bonds. The van der Waals surface area contributed by atoms with Crippen LogP contribution in [0.2, 0.25) is 0 Å². The van der Waals surface area contributed by atoms with Crippen LogP contribution in [0.1, 0.15) is 0 Å². The van der Waals surface area contributed by atoms with E-state index in [9.17, 15) is 14.2 Å². The van der Waals surface area contributed by atoms with Gasteiger partial charge in [0.15, 0.2) is 0 Å². The zero-order valence-electron chi connectivity index (χ0n) is 9.92. The Labute approximate surface area is 94.0 Å². The number of carbonyl (C=O) groups excluding carboxylic acids is 2. The quantitative estimate of drug-likeness (QED) is 0.417. The van der Waals surface area contributed by atoms with Gasteiger partial charge in [0.1, 0.15) is 7.14 Å². The Balaban J connectivity index is 4.77. The average molecular weight is 253 g/mol. The molecule has 0 saturated carbocycles. The van der Waals surface area contributed by atoms with Crippen LogP contribution in [0.15, 0.2) is 0 Å². The lowest BCUT2D eigenvalue weighted by Crippen LogP contribution is -2.34. The molecule has 0 radical (unpaired) electrons. The molecule has 0 saturated heterocycles. The van der Waals surface area contributed by atoms with Crippen molar-refractivity contribution in [2.75, 3.05) is 34.6 Å². The van der Waals surface area contributed by atoms with Crippen LogP contribution in [0.5, 0.6) is 0 Å². The molecule has 0 rings (SSSR count). The molecule has 16 heavy (non-hydrogen) atoms. The van der Waals surface area contributed by atoms with Crippen molar-refractivity contribution in [1.29, 1.82) is 0 Å². The van der Waals surface area contributed by atoms with Gasteiger partial charge < -0.3 is 14.0 Å². The van der Waals surface area contributed by atoms with Crippen LogP contribution in [0.25, 0.3) is 0 Å². The summed E-state index contributed by atoms with van der Waals surface area (Å²) in [6.07, 6.45) is -0.915. The number of methoxy groups -OCH3 is 1. The molecule has 0 aromatic carbocycles. The van der Waals surface area contributed by atoms with Crippen molar-refractivity contribution >= 4 is 19.2 Å². The fourth-order valence-electron chi connectivity index (χ4n) is 0.774. The van der Waals surface area contributed by atoms with Crippen LogP contribution in [0.4, 0.5) is 4.79 Å². The third-order valence-corrected chi connectivity index (χ3v) is 3.16. The summed E-state index contributed by atoms with van der Waals surface area (Å²) in [5.41, 5.74) is 0. The number of carbonyl (C=O) groups is 2. The Hall–Kier alpha value is -1.07. The molecule has 1 atom stereocenters. The molecular weight excluding hydrogens is 237 g/mol. The van der Waals surface area contributed by atoms with Crippen molar-refractivity contribution in [2.45, 2.75) is 5.85 Å². The minimum atomic E-state index is -2.95. The van der Waals surface area contributed by atoms with E-state index in [0.29, 0.717) is 0 Å². The van der Waals surface area contributed by atoms with E-state index in [4.69, 9.17) is 4.74 Å². The van der Waals surface area contributed by atoms with Crippen molar-refractivity contribution in [3.05, 3.63) is 0 Å². The van der Waals surface area contributed by atoms with Gasteiger partial charge in [-0.2, -0.15) is 5.06 Å². The topological polar surface area (TPSA) is 82.1 Å². The number of esters is 1. The number of ether oxygens (including phenoxy) is 2.